The summed E-state index contributed by atoms with van der Waals surface area (Å²) in [7, 11) is 0. The number of aromatic nitrogens is 3. The van der Waals surface area contributed by atoms with E-state index in [1.54, 1.807) is 6.07 Å². The van der Waals surface area contributed by atoms with Gasteiger partial charge in [-0.25, -0.2) is 14.4 Å². The number of aromatic hydroxyl groups is 1. The Kier molecular flexibility index (Phi) is 2.84. The Labute approximate surface area is 130 Å². The minimum atomic E-state index is -0.590. The smallest absolute Gasteiger partial charge is 0.175 e. The third kappa shape index (κ3) is 2.03. The highest BCUT2D eigenvalue weighted by atomic mass is 19.1. The van der Waals surface area contributed by atoms with Crippen LogP contribution in [0.4, 0.5) is 10.2 Å². The molecule has 5 nitrogen and oxygen atoms in total. The van der Waals surface area contributed by atoms with Crippen LogP contribution in [0.15, 0.2) is 48.9 Å². The molecule has 0 unspecified atom stereocenters. The second kappa shape index (κ2) is 4.88. The molecule has 6 heteroatoms. The Hall–Kier alpha value is -3.28. The number of nitrogens with two attached hydrogens (primary N) is 1. The van der Waals surface area contributed by atoms with Gasteiger partial charge in [-0.15, -0.1) is 0 Å². The van der Waals surface area contributed by atoms with Crippen LogP contribution in [0.1, 0.15) is 0 Å². The Bertz CT molecular complexity index is 1070. The van der Waals surface area contributed by atoms with Gasteiger partial charge in [0.05, 0.1) is 5.39 Å². The normalized spacial score (nSPS) is 11.2. The zero-order valence-electron chi connectivity index (χ0n) is 11.9. The molecule has 2 heterocycles. The molecule has 4 aromatic rings. The minimum absolute atomic E-state index is 0.0437. The van der Waals surface area contributed by atoms with Crippen molar-refractivity contribution >= 4 is 27.5 Å². The molecule has 2 aromatic carbocycles. The summed E-state index contributed by atoms with van der Waals surface area (Å²) in [5.74, 6) is -0.372. The topological polar surface area (TPSA) is 84.9 Å². The van der Waals surface area contributed by atoms with Crippen molar-refractivity contribution in [2.24, 2.45) is 0 Å². The molecule has 0 aliphatic heterocycles. The van der Waals surface area contributed by atoms with Gasteiger partial charge in [-0.1, -0.05) is 24.3 Å². The molecule has 0 radical (unpaired) electrons. The van der Waals surface area contributed by atoms with Crippen LogP contribution in [0.3, 0.4) is 0 Å². The zero-order chi connectivity index (χ0) is 16.0. The summed E-state index contributed by atoms with van der Waals surface area (Å²) < 4.78 is 14.9. The van der Waals surface area contributed by atoms with Gasteiger partial charge in [0.25, 0.3) is 0 Å². The van der Waals surface area contributed by atoms with Crippen LogP contribution in [0.5, 0.6) is 5.75 Å². The number of hydrogen-bond donors (Lipinski definition) is 2. The lowest BCUT2D eigenvalue weighted by Gasteiger charge is -2.10. The highest BCUT2D eigenvalue weighted by Gasteiger charge is 2.16. The number of nitrogen functional groups attached to an aromatic ring is 1. The van der Waals surface area contributed by atoms with Crippen molar-refractivity contribution in [1.82, 2.24) is 15.0 Å². The van der Waals surface area contributed by atoms with E-state index in [4.69, 9.17) is 5.73 Å². The zero-order valence-corrected chi connectivity index (χ0v) is 11.9. The fourth-order valence-corrected chi connectivity index (χ4v) is 2.69. The summed E-state index contributed by atoms with van der Waals surface area (Å²) in [5.41, 5.74) is 6.45. The highest BCUT2D eigenvalue weighted by molar-refractivity contribution is 5.99. The first-order chi connectivity index (χ1) is 11.1. The first-order valence-corrected chi connectivity index (χ1v) is 6.92. The molecule has 0 saturated carbocycles. The van der Waals surface area contributed by atoms with Crippen LogP contribution in [-0.2, 0) is 0 Å². The number of anilines is 1. The lowest BCUT2D eigenvalue weighted by Crippen LogP contribution is -1.99. The predicted molar refractivity (Wildman–Crippen MR) is 86.3 cm³/mol. The van der Waals surface area contributed by atoms with Gasteiger partial charge in [-0.2, -0.15) is 0 Å². The minimum Gasteiger partial charge on any atom is -0.508 e. The van der Waals surface area contributed by atoms with E-state index in [1.807, 2.05) is 24.3 Å². The Morgan fingerprint density at radius 3 is 2.70 bits per heavy atom. The molecule has 0 aliphatic rings. The molecule has 3 N–H and O–H groups in total. The van der Waals surface area contributed by atoms with E-state index in [9.17, 15) is 9.50 Å². The number of phenols is 1. The Morgan fingerprint density at radius 2 is 1.83 bits per heavy atom. The number of pyridine rings is 1. The molecule has 0 atom stereocenters. The van der Waals surface area contributed by atoms with E-state index in [1.165, 1.54) is 18.6 Å². The van der Waals surface area contributed by atoms with Crippen molar-refractivity contribution in [2.45, 2.75) is 0 Å². The molecular formula is C17H11FN4O. The molecule has 0 spiro atoms. The van der Waals surface area contributed by atoms with Crippen molar-refractivity contribution in [3.8, 4) is 17.0 Å². The average molecular weight is 306 g/mol. The second-order valence-corrected chi connectivity index (χ2v) is 5.16. The first kappa shape index (κ1) is 13.4. The molecule has 0 amide bonds. The summed E-state index contributed by atoms with van der Waals surface area (Å²) in [6.45, 7) is 0. The molecule has 0 aliphatic carbocycles. The van der Waals surface area contributed by atoms with Gasteiger partial charge in [0.15, 0.2) is 5.82 Å². The largest absolute Gasteiger partial charge is 0.508 e. The van der Waals surface area contributed by atoms with E-state index in [0.717, 1.165) is 10.8 Å². The average Bonchev–Trinajstić information content (AvgIpc) is 2.55. The maximum Gasteiger partial charge on any atom is 0.175 e. The van der Waals surface area contributed by atoms with Gasteiger partial charge in [-0.3, -0.25) is 4.98 Å². The van der Waals surface area contributed by atoms with Crippen LogP contribution >= 0.6 is 0 Å². The number of halogens is 1. The van der Waals surface area contributed by atoms with Crippen molar-refractivity contribution in [1.29, 1.82) is 0 Å². The van der Waals surface area contributed by atoms with E-state index in [-0.39, 0.29) is 22.8 Å². The first-order valence-electron chi connectivity index (χ1n) is 6.92. The van der Waals surface area contributed by atoms with Crippen LogP contribution in [0.25, 0.3) is 32.9 Å². The van der Waals surface area contributed by atoms with Crippen LogP contribution in [0.2, 0.25) is 0 Å². The highest BCUT2D eigenvalue weighted by Crippen LogP contribution is 2.34. The summed E-state index contributed by atoms with van der Waals surface area (Å²) in [6.07, 6.45) is 2.66. The van der Waals surface area contributed by atoms with Gasteiger partial charge in [0.2, 0.25) is 0 Å². The standard InChI is InChI=1S/C17H11FN4O/c18-14-15(20-7-13-16(14)21-8-22-17(13)19)12-6-10(23)5-9-3-1-2-4-11(9)12/h1-8,23H,(H2,19,21,22). The molecule has 2 aromatic heterocycles. The van der Waals surface area contributed by atoms with E-state index >= 15 is 0 Å². The molecule has 23 heavy (non-hydrogen) atoms. The molecule has 0 fully saturated rings. The maximum absolute atomic E-state index is 14.9. The fourth-order valence-electron chi connectivity index (χ4n) is 2.69. The number of phenolic OH excluding ortho intramolecular Hbond substituents is 1. The van der Waals surface area contributed by atoms with Crippen molar-refractivity contribution in [3.63, 3.8) is 0 Å². The van der Waals surface area contributed by atoms with Crippen molar-refractivity contribution in [3.05, 3.63) is 54.7 Å². The quantitative estimate of drug-likeness (QED) is 0.564. The monoisotopic (exact) mass is 306 g/mol. The molecule has 112 valence electrons. The van der Waals surface area contributed by atoms with E-state index in [0.29, 0.717) is 10.9 Å². The van der Waals surface area contributed by atoms with Crippen LogP contribution in [0, 0.1) is 5.82 Å². The van der Waals surface area contributed by atoms with E-state index in [2.05, 4.69) is 15.0 Å². The molecular weight excluding hydrogens is 295 g/mol. The Balaban J connectivity index is 2.09. The number of benzene rings is 2. The third-order valence-corrected chi connectivity index (χ3v) is 3.75. The molecule has 0 saturated heterocycles. The maximum atomic E-state index is 14.9. The molecule has 0 bridgehead atoms. The van der Waals surface area contributed by atoms with Gasteiger partial charge in [-0.05, 0) is 22.9 Å². The molecule has 4 rings (SSSR count). The van der Waals surface area contributed by atoms with Crippen molar-refractivity contribution < 1.29 is 9.50 Å². The summed E-state index contributed by atoms with van der Waals surface area (Å²) in [4.78, 5) is 12.0. The fraction of sp³-hybridized carbons (Fsp3) is 0. The van der Waals surface area contributed by atoms with Crippen LogP contribution < -0.4 is 5.73 Å². The summed E-state index contributed by atoms with van der Waals surface area (Å²) in [5, 5.41) is 11.9. The second-order valence-electron chi connectivity index (χ2n) is 5.16. The van der Waals surface area contributed by atoms with E-state index < -0.39 is 5.82 Å². The van der Waals surface area contributed by atoms with Gasteiger partial charge in [0.1, 0.15) is 29.1 Å². The number of fused-ring (bicyclic) bond motifs is 2. The Morgan fingerprint density at radius 1 is 1.00 bits per heavy atom. The SMILES string of the molecule is Nc1ncnc2c(F)c(-c3cc(O)cc4ccccc34)ncc12. The third-order valence-electron chi connectivity index (χ3n) is 3.75. The summed E-state index contributed by atoms with van der Waals surface area (Å²) >= 11 is 0. The number of rotatable bonds is 1. The predicted octanol–water partition coefficient (Wildman–Crippen LogP) is 3.27. The van der Waals surface area contributed by atoms with Gasteiger partial charge < -0.3 is 10.8 Å². The lowest BCUT2D eigenvalue weighted by molar-refractivity contribution is 0.476. The van der Waals surface area contributed by atoms with Gasteiger partial charge in [0, 0.05) is 11.8 Å². The number of hydrogen-bond acceptors (Lipinski definition) is 5. The van der Waals surface area contributed by atoms with Gasteiger partial charge >= 0.3 is 0 Å². The lowest BCUT2D eigenvalue weighted by atomic mass is 10.0. The van der Waals surface area contributed by atoms with Crippen molar-refractivity contribution in [2.75, 3.05) is 5.73 Å². The van der Waals surface area contributed by atoms with Crippen LogP contribution in [-0.4, -0.2) is 20.1 Å². The summed E-state index contributed by atoms with van der Waals surface area (Å²) in [6, 6.07) is 10.5. The number of nitrogens with zero attached hydrogens (tertiary/aromatic N) is 3.